The number of carbonyl (C=O) groups is 2. The minimum atomic E-state index is -3.85. The van der Waals surface area contributed by atoms with E-state index in [9.17, 15) is 18.0 Å². The Hall–Kier alpha value is -3.07. The van der Waals surface area contributed by atoms with Crippen molar-refractivity contribution < 1.29 is 22.7 Å². The van der Waals surface area contributed by atoms with Gasteiger partial charge in [0.15, 0.2) is 6.10 Å². The van der Waals surface area contributed by atoms with Crippen molar-refractivity contribution >= 4 is 38.9 Å². The lowest BCUT2D eigenvalue weighted by Crippen LogP contribution is -2.34. The summed E-state index contributed by atoms with van der Waals surface area (Å²) in [7, 11) is -2.20. The monoisotopic (exact) mass is 387 g/mol. The first-order valence-electron chi connectivity index (χ1n) is 8.28. The summed E-state index contributed by atoms with van der Waals surface area (Å²) >= 11 is 0. The average Bonchev–Trinajstić information content (AvgIpc) is 2.90. The zero-order valence-corrected chi connectivity index (χ0v) is 15.5. The summed E-state index contributed by atoms with van der Waals surface area (Å²) in [5, 5.41) is 2.68. The number of carbonyl (C=O) groups excluding carboxylic acids is 2. The van der Waals surface area contributed by atoms with Crippen molar-refractivity contribution in [1.29, 1.82) is 0 Å². The normalized spacial score (nSPS) is 18.4. The van der Waals surface area contributed by atoms with Crippen molar-refractivity contribution in [3.05, 3.63) is 42.0 Å². The smallest absolute Gasteiger partial charge is 0.265 e. The number of hydrogen-bond acceptors (Lipinski definition) is 5. The fraction of sp³-hybridized carbons (Fsp3) is 0.222. The SMILES string of the molecule is CC1Oc2ccc(NS(=O)(=O)c3ccc4c(c3)CC(=O)N4C)cc2NC1=O. The predicted octanol–water partition coefficient (Wildman–Crippen LogP) is 1.73. The third-order valence-corrected chi connectivity index (χ3v) is 5.98. The molecule has 1 atom stereocenters. The molecule has 0 radical (unpaired) electrons. The number of hydrogen-bond donors (Lipinski definition) is 2. The number of sulfonamides is 1. The third kappa shape index (κ3) is 2.99. The molecule has 0 aliphatic carbocycles. The van der Waals surface area contributed by atoms with Crippen molar-refractivity contribution in [1.82, 2.24) is 0 Å². The molecule has 4 rings (SSSR count). The molecule has 0 saturated heterocycles. The maximum atomic E-state index is 12.7. The first-order valence-corrected chi connectivity index (χ1v) is 9.77. The molecule has 2 amide bonds. The van der Waals surface area contributed by atoms with Gasteiger partial charge in [-0.1, -0.05) is 0 Å². The van der Waals surface area contributed by atoms with E-state index in [1.54, 1.807) is 32.2 Å². The summed E-state index contributed by atoms with van der Waals surface area (Å²) in [4.78, 5) is 25.1. The number of rotatable bonds is 3. The van der Waals surface area contributed by atoms with Gasteiger partial charge in [0.05, 0.1) is 22.7 Å². The van der Waals surface area contributed by atoms with Crippen LogP contribution in [0.5, 0.6) is 5.75 Å². The highest BCUT2D eigenvalue weighted by Crippen LogP contribution is 2.34. The van der Waals surface area contributed by atoms with E-state index >= 15 is 0 Å². The molecular formula is C18H17N3O5S. The molecule has 2 N–H and O–H groups in total. The predicted molar refractivity (Wildman–Crippen MR) is 99.5 cm³/mol. The van der Waals surface area contributed by atoms with E-state index in [0.29, 0.717) is 28.4 Å². The number of anilines is 3. The second kappa shape index (κ2) is 5.98. The second-order valence-corrected chi connectivity index (χ2v) is 8.17. The summed E-state index contributed by atoms with van der Waals surface area (Å²) in [6, 6.07) is 9.24. The summed E-state index contributed by atoms with van der Waals surface area (Å²) < 4.78 is 33.4. The van der Waals surface area contributed by atoms with Gasteiger partial charge in [-0.25, -0.2) is 8.42 Å². The first kappa shape index (κ1) is 17.3. The zero-order valence-electron chi connectivity index (χ0n) is 14.6. The number of amides is 2. The molecule has 0 spiro atoms. The van der Waals surface area contributed by atoms with E-state index < -0.39 is 16.1 Å². The van der Waals surface area contributed by atoms with Crippen LogP contribution in [0.25, 0.3) is 0 Å². The Morgan fingerprint density at radius 1 is 1.19 bits per heavy atom. The lowest BCUT2D eigenvalue weighted by molar-refractivity contribution is -0.122. The van der Waals surface area contributed by atoms with E-state index in [0.717, 1.165) is 0 Å². The van der Waals surface area contributed by atoms with Gasteiger partial charge in [0.2, 0.25) is 5.91 Å². The number of fused-ring (bicyclic) bond motifs is 2. The van der Waals surface area contributed by atoms with Gasteiger partial charge in [-0.05, 0) is 48.9 Å². The Balaban J connectivity index is 1.61. The summed E-state index contributed by atoms with van der Waals surface area (Å²) in [5.74, 6) is 0.103. The van der Waals surface area contributed by atoms with Gasteiger partial charge in [-0.15, -0.1) is 0 Å². The topological polar surface area (TPSA) is 105 Å². The number of nitrogens with one attached hydrogen (secondary N) is 2. The van der Waals surface area contributed by atoms with E-state index in [4.69, 9.17) is 4.74 Å². The molecule has 2 aliphatic heterocycles. The average molecular weight is 387 g/mol. The van der Waals surface area contributed by atoms with E-state index in [2.05, 4.69) is 10.0 Å². The number of nitrogens with zero attached hydrogens (tertiary/aromatic N) is 1. The molecule has 2 aromatic rings. The van der Waals surface area contributed by atoms with Crippen molar-refractivity contribution in [3.63, 3.8) is 0 Å². The molecular weight excluding hydrogens is 370 g/mol. The number of likely N-dealkylation sites (N-methyl/N-ethyl adjacent to an activating group) is 1. The van der Waals surface area contributed by atoms with Crippen molar-refractivity contribution in [2.75, 3.05) is 22.0 Å². The van der Waals surface area contributed by atoms with Crippen LogP contribution in [0, 0.1) is 0 Å². The minimum absolute atomic E-state index is 0.0657. The molecule has 0 aromatic heterocycles. The molecule has 27 heavy (non-hydrogen) atoms. The molecule has 2 heterocycles. The van der Waals surface area contributed by atoms with Crippen LogP contribution in [-0.2, 0) is 26.0 Å². The van der Waals surface area contributed by atoms with Gasteiger partial charge in [0, 0.05) is 12.7 Å². The van der Waals surface area contributed by atoms with Gasteiger partial charge in [0.25, 0.3) is 15.9 Å². The molecule has 2 aromatic carbocycles. The fourth-order valence-corrected chi connectivity index (χ4v) is 4.20. The van der Waals surface area contributed by atoms with Gasteiger partial charge in [-0.2, -0.15) is 0 Å². The molecule has 1 unspecified atom stereocenters. The Morgan fingerprint density at radius 3 is 2.74 bits per heavy atom. The van der Waals surface area contributed by atoms with Crippen molar-refractivity contribution in [2.24, 2.45) is 0 Å². The van der Waals surface area contributed by atoms with E-state index in [1.807, 2.05) is 0 Å². The zero-order chi connectivity index (χ0) is 19.3. The largest absolute Gasteiger partial charge is 0.479 e. The maximum Gasteiger partial charge on any atom is 0.265 e. The Morgan fingerprint density at radius 2 is 1.96 bits per heavy atom. The highest BCUT2D eigenvalue weighted by atomic mass is 32.2. The molecule has 140 valence electrons. The van der Waals surface area contributed by atoms with Crippen LogP contribution in [0.4, 0.5) is 17.1 Å². The minimum Gasteiger partial charge on any atom is -0.479 e. The summed E-state index contributed by atoms with van der Waals surface area (Å²) in [6.45, 7) is 1.63. The standard InChI is InChI=1S/C18H17N3O5S/c1-10-18(23)19-14-9-12(3-6-16(14)26-10)20-27(24,25)13-4-5-15-11(7-13)8-17(22)21(15)2/h3-7,9-10,20H,8H2,1-2H3,(H,19,23). The van der Waals surface area contributed by atoms with Crippen LogP contribution in [0.2, 0.25) is 0 Å². The van der Waals surface area contributed by atoms with E-state index in [-0.39, 0.29) is 23.1 Å². The number of benzene rings is 2. The van der Waals surface area contributed by atoms with Gasteiger partial charge in [0.1, 0.15) is 5.75 Å². The molecule has 0 saturated carbocycles. The van der Waals surface area contributed by atoms with Crippen LogP contribution in [-0.4, -0.2) is 33.4 Å². The van der Waals surface area contributed by atoms with Crippen LogP contribution in [0.3, 0.4) is 0 Å². The quantitative estimate of drug-likeness (QED) is 0.835. The molecule has 2 aliphatic rings. The second-order valence-electron chi connectivity index (χ2n) is 6.49. The summed E-state index contributed by atoms with van der Waals surface area (Å²) in [6.07, 6.45) is -0.428. The Bertz CT molecular complexity index is 1080. The van der Waals surface area contributed by atoms with Crippen LogP contribution >= 0.6 is 0 Å². The van der Waals surface area contributed by atoms with Crippen LogP contribution < -0.4 is 19.7 Å². The third-order valence-electron chi connectivity index (χ3n) is 4.60. The highest BCUT2D eigenvalue weighted by molar-refractivity contribution is 7.92. The van der Waals surface area contributed by atoms with Crippen LogP contribution in [0.15, 0.2) is 41.3 Å². The van der Waals surface area contributed by atoms with Crippen LogP contribution in [0.1, 0.15) is 12.5 Å². The van der Waals surface area contributed by atoms with Gasteiger partial charge >= 0.3 is 0 Å². The first-order chi connectivity index (χ1) is 12.7. The fourth-order valence-electron chi connectivity index (χ4n) is 3.10. The maximum absolute atomic E-state index is 12.7. The molecule has 0 bridgehead atoms. The lowest BCUT2D eigenvalue weighted by Gasteiger charge is -2.23. The van der Waals surface area contributed by atoms with Crippen molar-refractivity contribution in [3.8, 4) is 5.75 Å². The Kier molecular flexibility index (Phi) is 3.84. The summed E-state index contributed by atoms with van der Waals surface area (Å²) in [5.41, 5.74) is 2.08. The van der Waals surface area contributed by atoms with Crippen molar-refractivity contribution in [2.45, 2.75) is 24.3 Å². The molecule has 0 fully saturated rings. The lowest BCUT2D eigenvalue weighted by atomic mass is 10.2. The van der Waals surface area contributed by atoms with E-state index in [1.165, 1.54) is 23.1 Å². The van der Waals surface area contributed by atoms with Gasteiger partial charge in [-0.3, -0.25) is 14.3 Å². The molecule has 8 nitrogen and oxygen atoms in total. The molecule has 9 heteroatoms. The number of ether oxygens (including phenoxy) is 1. The highest BCUT2D eigenvalue weighted by Gasteiger charge is 2.27. The van der Waals surface area contributed by atoms with Gasteiger partial charge < -0.3 is 15.0 Å². The Labute approximate surface area is 156 Å².